The lowest BCUT2D eigenvalue weighted by Gasteiger charge is -2.31. The predicted octanol–water partition coefficient (Wildman–Crippen LogP) is -0.337. The van der Waals surface area contributed by atoms with Crippen molar-refractivity contribution >= 4 is 11.8 Å². The molecule has 0 radical (unpaired) electrons. The Bertz CT molecular complexity index is 265. The molecule has 4 nitrogen and oxygen atoms in total. The first kappa shape index (κ1) is 8.29. The minimum Gasteiger partial charge on any atom is -0.345 e. The summed E-state index contributed by atoms with van der Waals surface area (Å²) >= 11 is 0. The van der Waals surface area contributed by atoms with E-state index < -0.39 is 0 Å². The van der Waals surface area contributed by atoms with E-state index in [1.54, 1.807) is 4.90 Å². The summed E-state index contributed by atoms with van der Waals surface area (Å²) in [5, 5.41) is 2.53. The molecule has 1 saturated heterocycles. The molecule has 1 aliphatic heterocycles. The summed E-state index contributed by atoms with van der Waals surface area (Å²) < 4.78 is 0. The number of carbonyl (C=O) groups is 2. The fourth-order valence-electron chi connectivity index (χ4n) is 1.76. The standard InChI is InChI=1S/C9H12N2O2/c12-8-6-11(9(13)5-10-8)7-3-1-2-4-7/h1-2,7H,3-6H2,(H,10,12). The zero-order valence-electron chi connectivity index (χ0n) is 7.32. The van der Waals surface area contributed by atoms with Crippen LogP contribution in [0.5, 0.6) is 0 Å². The van der Waals surface area contributed by atoms with Crippen LogP contribution >= 0.6 is 0 Å². The SMILES string of the molecule is O=C1CN(C2CC=CC2)C(=O)CN1. The highest BCUT2D eigenvalue weighted by Gasteiger charge is 2.29. The molecule has 0 saturated carbocycles. The van der Waals surface area contributed by atoms with Crippen LogP contribution in [0.2, 0.25) is 0 Å². The average Bonchev–Trinajstić information content (AvgIpc) is 2.61. The lowest BCUT2D eigenvalue weighted by atomic mass is 10.1. The van der Waals surface area contributed by atoms with Gasteiger partial charge in [0.1, 0.15) is 0 Å². The van der Waals surface area contributed by atoms with Gasteiger partial charge < -0.3 is 10.2 Å². The Hall–Kier alpha value is -1.32. The van der Waals surface area contributed by atoms with Gasteiger partial charge in [0, 0.05) is 6.04 Å². The van der Waals surface area contributed by atoms with Crippen molar-refractivity contribution in [2.24, 2.45) is 0 Å². The van der Waals surface area contributed by atoms with E-state index in [0.29, 0.717) is 0 Å². The van der Waals surface area contributed by atoms with E-state index in [0.717, 1.165) is 12.8 Å². The third-order valence-electron chi connectivity index (χ3n) is 2.49. The Morgan fingerprint density at radius 2 is 2.00 bits per heavy atom. The first-order valence-corrected chi connectivity index (χ1v) is 4.48. The van der Waals surface area contributed by atoms with Crippen molar-refractivity contribution in [2.45, 2.75) is 18.9 Å². The fourth-order valence-corrected chi connectivity index (χ4v) is 1.76. The molecule has 0 aromatic carbocycles. The Labute approximate surface area is 76.6 Å². The molecule has 70 valence electrons. The highest BCUT2D eigenvalue weighted by molar-refractivity contribution is 5.92. The molecule has 1 fully saturated rings. The number of rotatable bonds is 1. The van der Waals surface area contributed by atoms with Crippen LogP contribution in [0, 0.1) is 0 Å². The molecular weight excluding hydrogens is 168 g/mol. The van der Waals surface area contributed by atoms with Crippen molar-refractivity contribution in [3.63, 3.8) is 0 Å². The first-order valence-electron chi connectivity index (χ1n) is 4.48. The second-order valence-corrected chi connectivity index (χ2v) is 3.40. The van der Waals surface area contributed by atoms with E-state index in [9.17, 15) is 9.59 Å². The molecule has 2 rings (SSSR count). The molecule has 1 aliphatic carbocycles. The molecule has 2 aliphatic rings. The maximum absolute atomic E-state index is 11.4. The first-order chi connectivity index (χ1) is 6.27. The van der Waals surface area contributed by atoms with Gasteiger partial charge >= 0.3 is 0 Å². The lowest BCUT2D eigenvalue weighted by Crippen LogP contribution is -2.54. The zero-order valence-corrected chi connectivity index (χ0v) is 7.32. The molecule has 0 aromatic heterocycles. The Morgan fingerprint density at radius 3 is 2.69 bits per heavy atom. The van der Waals surface area contributed by atoms with Gasteiger partial charge in [0.25, 0.3) is 0 Å². The molecule has 4 heteroatoms. The summed E-state index contributed by atoms with van der Waals surface area (Å²) in [7, 11) is 0. The van der Waals surface area contributed by atoms with E-state index in [-0.39, 0.29) is 30.9 Å². The zero-order chi connectivity index (χ0) is 9.26. The largest absolute Gasteiger partial charge is 0.345 e. The van der Waals surface area contributed by atoms with Crippen LogP contribution in [0.3, 0.4) is 0 Å². The van der Waals surface area contributed by atoms with Crippen molar-refractivity contribution in [2.75, 3.05) is 13.1 Å². The van der Waals surface area contributed by atoms with Gasteiger partial charge in [0.05, 0.1) is 13.1 Å². The van der Waals surface area contributed by atoms with Crippen LogP contribution in [-0.4, -0.2) is 35.8 Å². The highest BCUT2D eigenvalue weighted by atomic mass is 16.2. The number of nitrogens with zero attached hydrogens (tertiary/aromatic N) is 1. The van der Waals surface area contributed by atoms with Crippen LogP contribution in [-0.2, 0) is 9.59 Å². The average molecular weight is 180 g/mol. The van der Waals surface area contributed by atoms with Crippen LogP contribution in [0.1, 0.15) is 12.8 Å². The maximum atomic E-state index is 11.4. The minimum atomic E-state index is -0.0495. The summed E-state index contributed by atoms with van der Waals surface area (Å²) in [4.78, 5) is 24.1. The van der Waals surface area contributed by atoms with Crippen molar-refractivity contribution in [3.8, 4) is 0 Å². The molecule has 0 spiro atoms. The van der Waals surface area contributed by atoms with Crippen molar-refractivity contribution in [3.05, 3.63) is 12.2 Å². The van der Waals surface area contributed by atoms with Crippen LogP contribution in [0.25, 0.3) is 0 Å². The van der Waals surface area contributed by atoms with Gasteiger partial charge in [-0.15, -0.1) is 0 Å². The molecule has 13 heavy (non-hydrogen) atoms. The van der Waals surface area contributed by atoms with Gasteiger partial charge in [0.15, 0.2) is 0 Å². The van der Waals surface area contributed by atoms with Crippen molar-refractivity contribution in [1.29, 1.82) is 0 Å². The third kappa shape index (κ3) is 1.56. The number of hydrogen-bond acceptors (Lipinski definition) is 2. The molecule has 1 N–H and O–H groups in total. The second kappa shape index (κ2) is 3.20. The van der Waals surface area contributed by atoms with Gasteiger partial charge in [-0.1, -0.05) is 12.2 Å². The highest BCUT2D eigenvalue weighted by Crippen LogP contribution is 2.17. The Kier molecular flexibility index (Phi) is 2.04. The summed E-state index contributed by atoms with van der Waals surface area (Å²) in [6.45, 7) is 0.389. The van der Waals surface area contributed by atoms with E-state index in [4.69, 9.17) is 0 Å². The summed E-state index contributed by atoms with van der Waals surface area (Å²) in [5.74, 6) is -0.0141. The van der Waals surface area contributed by atoms with E-state index in [1.165, 1.54) is 0 Å². The number of piperazine rings is 1. The molecular formula is C9H12N2O2. The minimum absolute atomic E-state index is 0.0355. The smallest absolute Gasteiger partial charge is 0.242 e. The predicted molar refractivity (Wildman–Crippen MR) is 46.9 cm³/mol. The number of carbonyl (C=O) groups excluding carboxylic acids is 2. The monoisotopic (exact) mass is 180 g/mol. The topological polar surface area (TPSA) is 49.4 Å². The molecule has 2 amide bonds. The number of hydrogen-bond donors (Lipinski definition) is 1. The summed E-state index contributed by atoms with van der Waals surface area (Å²) in [6, 6.07) is 0.221. The van der Waals surface area contributed by atoms with E-state index in [2.05, 4.69) is 17.5 Å². The van der Waals surface area contributed by atoms with E-state index >= 15 is 0 Å². The van der Waals surface area contributed by atoms with Gasteiger partial charge in [-0.3, -0.25) is 9.59 Å². The second-order valence-electron chi connectivity index (χ2n) is 3.40. The van der Waals surface area contributed by atoms with Crippen LogP contribution < -0.4 is 5.32 Å². The number of nitrogens with one attached hydrogen (secondary N) is 1. The van der Waals surface area contributed by atoms with Crippen molar-refractivity contribution < 1.29 is 9.59 Å². The molecule has 0 atom stereocenters. The van der Waals surface area contributed by atoms with Gasteiger partial charge in [-0.2, -0.15) is 0 Å². The third-order valence-corrected chi connectivity index (χ3v) is 2.49. The summed E-state index contributed by atoms with van der Waals surface area (Å²) in [6.07, 6.45) is 5.90. The molecule has 0 bridgehead atoms. The fraction of sp³-hybridized carbons (Fsp3) is 0.556. The molecule has 0 aromatic rings. The summed E-state index contributed by atoms with van der Waals surface area (Å²) in [5.41, 5.74) is 0. The van der Waals surface area contributed by atoms with E-state index in [1.807, 2.05) is 0 Å². The van der Waals surface area contributed by atoms with Crippen LogP contribution in [0.4, 0.5) is 0 Å². The lowest BCUT2D eigenvalue weighted by molar-refractivity contribution is -0.142. The van der Waals surface area contributed by atoms with Gasteiger partial charge in [0.2, 0.25) is 11.8 Å². The molecule has 1 heterocycles. The molecule has 0 unspecified atom stereocenters. The number of amides is 2. The van der Waals surface area contributed by atoms with Crippen molar-refractivity contribution in [1.82, 2.24) is 10.2 Å². The Balaban J connectivity index is 2.03. The maximum Gasteiger partial charge on any atom is 0.242 e. The normalized spacial score (nSPS) is 23.8. The Morgan fingerprint density at radius 1 is 1.31 bits per heavy atom. The van der Waals surface area contributed by atoms with Gasteiger partial charge in [-0.25, -0.2) is 0 Å². The van der Waals surface area contributed by atoms with Gasteiger partial charge in [-0.05, 0) is 12.8 Å². The van der Waals surface area contributed by atoms with Crippen LogP contribution in [0.15, 0.2) is 12.2 Å². The quantitative estimate of drug-likeness (QED) is 0.561.